The standard InChI is InChI=1S/C23H26N4O4/c1-25-19-4-2-3-5-20(19)27(23(25)30)11-10-21(28)24-16-17-6-8-18(9-7-17)22(29)26-12-14-31-15-13-26/h2-9H,10-16H2,1H3,(H,24,28). The zero-order valence-corrected chi connectivity index (χ0v) is 17.5. The monoisotopic (exact) mass is 422 g/mol. The second-order valence-electron chi connectivity index (χ2n) is 7.61. The third kappa shape index (κ3) is 4.54. The van der Waals surface area contributed by atoms with Gasteiger partial charge in [0, 0.05) is 45.2 Å². The van der Waals surface area contributed by atoms with Crippen molar-refractivity contribution < 1.29 is 14.3 Å². The summed E-state index contributed by atoms with van der Waals surface area (Å²) in [6.45, 7) is 3.04. The zero-order chi connectivity index (χ0) is 21.8. The predicted octanol–water partition coefficient (Wildman–Crippen LogP) is 1.52. The van der Waals surface area contributed by atoms with E-state index >= 15 is 0 Å². The number of carbonyl (C=O) groups is 2. The molecule has 4 rings (SSSR count). The van der Waals surface area contributed by atoms with E-state index in [1.165, 1.54) is 0 Å². The van der Waals surface area contributed by atoms with Gasteiger partial charge >= 0.3 is 5.69 Å². The molecule has 0 bridgehead atoms. The highest BCUT2D eigenvalue weighted by Crippen LogP contribution is 2.12. The molecule has 1 saturated heterocycles. The van der Waals surface area contributed by atoms with Crippen molar-refractivity contribution in [1.82, 2.24) is 19.4 Å². The largest absolute Gasteiger partial charge is 0.378 e. The number of morpholine rings is 1. The Morgan fingerprint density at radius 2 is 1.68 bits per heavy atom. The molecule has 1 N–H and O–H groups in total. The Bertz CT molecular complexity index is 1140. The van der Waals surface area contributed by atoms with E-state index in [1.54, 1.807) is 33.2 Å². The average molecular weight is 422 g/mol. The number of fused-ring (bicyclic) bond motifs is 1. The van der Waals surface area contributed by atoms with Gasteiger partial charge in [0.25, 0.3) is 5.91 Å². The molecule has 2 amide bonds. The maximum Gasteiger partial charge on any atom is 0.328 e. The Hall–Kier alpha value is -3.39. The number of ether oxygens (including phenoxy) is 1. The van der Waals surface area contributed by atoms with E-state index in [0.717, 1.165) is 16.6 Å². The molecule has 162 valence electrons. The predicted molar refractivity (Wildman–Crippen MR) is 117 cm³/mol. The third-order valence-corrected chi connectivity index (χ3v) is 5.60. The third-order valence-electron chi connectivity index (χ3n) is 5.60. The number of amides is 2. The molecule has 31 heavy (non-hydrogen) atoms. The molecule has 2 heterocycles. The lowest BCUT2D eigenvalue weighted by Crippen LogP contribution is -2.40. The van der Waals surface area contributed by atoms with Gasteiger partial charge in [-0.1, -0.05) is 24.3 Å². The maximum absolute atomic E-state index is 12.5. The molecule has 3 aromatic rings. The number of nitrogens with one attached hydrogen (secondary N) is 1. The summed E-state index contributed by atoms with van der Waals surface area (Å²) < 4.78 is 8.50. The van der Waals surface area contributed by atoms with Gasteiger partial charge in [-0.2, -0.15) is 0 Å². The highest BCUT2D eigenvalue weighted by atomic mass is 16.5. The van der Waals surface area contributed by atoms with Gasteiger partial charge < -0.3 is 15.0 Å². The van der Waals surface area contributed by atoms with Gasteiger partial charge in [-0.05, 0) is 29.8 Å². The quantitative estimate of drug-likeness (QED) is 0.653. The van der Waals surface area contributed by atoms with Crippen molar-refractivity contribution in [3.8, 4) is 0 Å². The van der Waals surface area contributed by atoms with Crippen molar-refractivity contribution in [2.24, 2.45) is 7.05 Å². The molecule has 0 radical (unpaired) electrons. The van der Waals surface area contributed by atoms with E-state index in [1.807, 2.05) is 36.4 Å². The van der Waals surface area contributed by atoms with Crippen molar-refractivity contribution in [3.63, 3.8) is 0 Å². The first-order valence-electron chi connectivity index (χ1n) is 10.4. The van der Waals surface area contributed by atoms with Crippen LogP contribution in [0.4, 0.5) is 0 Å². The molecular weight excluding hydrogens is 396 g/mol. The van der Waals surface area contributed by atoms with Crippen LogP contribution in [-0.4, -0.2) is 52.2 Å². The number of carbonyl (C=O) groups excluding carboxylic acids is 2. The van der Waals surface area contributed by atoms with Gasteiger partial charge in [0.2, 0.25) is 5.91 Å². The van der Waals surface area contributed by atoms with Crippen molar-refractivity contribution >= 4 is 22.8 Å². The minimum Gasteiger partial charge on any atom is -0.378 e. The van der Waals surface area contributed by atoms with E-state index in [2.05, 4.69) is 5.32 Å². The first-order valence-corrected chi connectivity index (χ1v) is 10.4. The SMILES string of the molecule is Cn1c(=O)n(CCC(=O)NCc2ccc(C(=O)N3CCOCC3)cc2)c2ccccc21. The second kappa shape index (κ2) is 9.18. The molecule has 0 unspecified atom stereocenters. The van der Waals surface area contributed by atoms with Gasteiger partial charge in [0.05, 0.1) is 24.2 Å². The van der Waals surface area contributed by atoms with Crippen LogP contribution in [0.3, 0.4) is 0 Å². The number of hydrogen-bond donors (Lipinski definition) is 1. The van der Waals surface area contributed by atoms with Crippen LogP contribution in [-0.2, 0) is 29.7 Å². The van der Waals surface area contributed by atoms with Gasteiger partial charge in [-0.3, -0.25) is 18.7 Å². The Morgan fingerprint density at radius 3 is 2.39 bits per heavy atom. The van der Waals surface area contributed by atoms with Crippen molar-refractivity contribution in [1.29, 1.82) is 0 Å². The van der Waals surface area contributed by atoms with Crippen LogP contribution in [0.2, 0.25) is 0 Å². The molecule has 8 nitrogen and oxygen atoms in total. The number of aryl methyl sites for hydroxylation is 2. The van der Waals surface area contributed by atoms with Crippen LogP contribution in [0.1, 0.15) is 22.3 Å². The fourth-order valence-corrected chi connectivity index (χ4v) is 3.80. The van der Waals surface area contributed by atoms with Gasteiger partial charge in [-0.15, -0.1) is 0 Å². The van der Waals surface area contributed by atoms with Crippen molar-refractivity contribution in [3.05, 3.63) is 70.1 Å². The minimum absolute atomic E-state index is 0.000542. The van der Waals surface area contributed by atoms with Crippen LogP contribution in [0.25, 0.3) is 11.0 Å². The van der Waals surface area contributed by atoms with Gasteiger partial charge in [0.15, 0.2) is 0 Å². The number of aromatic nitrogens is 2. The summed E-state index contributed by atoms with van der Waals surface area (Å²) in [6, 6.07) is 14.8. The Balaban J connectivity index is 1.31. The maximum atomic E-state index is 12.5. The fraction of sp³-hybridized carbons (Fsp3) is 0.348. The van der Waals surface area contributed by atoms with Crippen LogP contribution < -0.4 is 11.0 Å². The number of benzene rings is 2. The summed E-state index contributed by atoms with van der Waals surface area (Å²) in [5.74, 6) is -0.132. The zero-order valence-electron chi connectivity index (χ0n) is 17.5. The number of rotatable bonds is 6. The molecule has 1 aromatic heterocycles. The highest BCUT2D eigenvalue weighted by Gasteiger charge is 2.18. The molecule has 1 aliphatic rings. The number of para-hydroxylation sites is 2. The Kier molecular flexibility index (Phi) is 6.18. The number of nitrogens with zero attached hydrogens (tertiary/aromatic N) is 3. The van der Waals surface area contributed by atoms with Gasteiger partial charge in [0.1, 0.15) is 0 Å². The summed E-state index contributed by atoms with van der Waals surface area (Å²) >= 11 is 0. The molecule has 8 heteroatoms. The molecule has 0 spiro atoms. The van der Waals surface area contributed by atoms with E-state index in [0.29, 0.717) is 45.0 Å². The Morgan fingerprint density at radius 1 is 1.00 bits per heavy atom. The van der Waals surface area contributed by atoms with Crippen molar-refractivity contribution in [2.75, 3.05) is 26.3 Å². The average Bonchev–Trinajstić information content (AvgIpc) is 3.06. The lowest BCUT2D eigenvalue weighted by molar-refractivity contribution is -0.121. The first-order chi connectivity index (χ1) is 15.0. The van der Waals surface area contributed by atoms with Crippen molar-refractivity contribution in [2.45, 2.75) is 19.5 Å². The lowest BCUT2D eigenvalue weighted by Gasteiger charge is -2.26. The number of imidazole rings is 1. The molecule has 0 saturated carbocycles. The number of hydrogen-bond acceptors (Lipinski definition) is 4. The van der Waals surface area contributed by atoms with Crippen LogP contribution in [0.5, 0.6) is 0 Å². The normalized spacial score (nSPS) is 14.0. The Labute approximate surface area is 180 Å². The van der Waals surface area contributed by atoms with E-state index in [9.17, 15) is 14.4 Å². The summed E-state index contributed by atoms with van der Waals surface area (Å²) in [7, 11) is 1.73. The summed E-state index contributed by atoms with van der Waals surface area (Å²) in [6.07, 6.45) is 0.210. The van der Waals surface area contributed by atoms with Crippen LogP contribution in [0, 0.1) is 0 Å². The second-order valence-corrected chi connectivity index (χ2v) is 7.61. The highest BCUT2D eigenvalue weighted by molar-refractivity contribution is 5.94. The molecule has 1 fully saturated rings. The van der Waals surface area contributed by atoms with E-state index in [-0.39, 0.29) is 23.9 Å². The summed E-state index contributed by atoms with van der Waals surface area (Å²) in [4.78, 5) is 39.0. The molecule has 2 aromatic carbocycles. The molecular formula is C23H26N4O4. The molecule has 0 aliphatic carbocycles. The van der Waals surface area contributed by atoms with Gasteiger partial charge in [-0.25, -0.2) is 4.79 Å². The van der Waals surface area contributed by atoms with Crippen LogP contribution in [0.15, 0.2) is 53.3 Å². The van der Waals surface area contributed by atoms with E-state index in [4.69, 9.17) is 4.74 Å². The summed E-state index contributed by atoms with van der Waals surface area (Å²) in [5, 5.41) is 2.88. The molecule has 1 aliphatic heterocycles. The molecule has 0 atom stereocenters. The fourth-order valence-electron chi connectivity index (χ4n) is 3.80. The first kappa shape index (κ1) is 20.9. The lowest BCUT2D eigenvalue weighted by atomic mass is 10.1. The van der Waals surface area contributed by atoms with Crippen LogP contribution >= 0.6 is 0 Å². The smallest absolute Gasteiger partial charge is 0.328 e. The minimum atomic E-state index is -0.131. The topological polar surface area (TPSA) is 85.6 Å². The summed E-state index contributed by atoms with van der Waals surface area (Å²) in [5.41, 5.74) is 3.08. The van der Waals surface area contributed by atoms with E-state index < -0.39 is 0 Å².